The smallest absolute Gasteiger partial charge is 0.315 e. The van der Waals surface area contributed by atoms with E-state index in [-0.39, 0.29) is 11.6 Å². The van der Waals surface area contributed by atoms with Gasteiger partial charge < -0.3 is 20.1 Å². The van der Waals surface area contributed by atoms with Crippen LogP contribution in [0.25, 0.3) is 0 Å². The van der Waals surface area contributed by atoms with Crippen LogP contribution in [0.15, 0.2) is 48.5 Å². The Morgan fingerprint density at radius 3 is 1.68 bits per heavy atom. The summed E-state index contributed by atoms with van der Waals surface area (Å²) in [6, 6.07) is 15.1. The summed E-state index contributed by atoms with van der Waals surface area (Å²) in [7, 11) is 1.63. The molecule has 0 fully saturated rings. The van der Waals surface area contributed by atoms with Gasteiger partial charge in [-0.2, -0.15) is 0 Å². The molecule has 5 heteroatoms. The zero-order chi connectivity index (χ0) is 18.3. The van der Waals surface area contributed by atoms with Crippen molar-refractivity contribution in [2.45, 2.75) is 39.5 Å². The van der Waals surface area contributed by atoms with E-state index in [0.717, 1.165) is 22.6 Å². The van der Waals surface area contributed by atoms with Crippen molar-refractivity contribution < 1.29 is 14.3 Å². The van der Waals surface area contributed by atoms with Crippen LogP contribution in [0.3, 0.4) is 0 Å². The maximum Gasteiger partial charge on any atom is 0.315 e. The van der Waals surface area contributed by atoms with Gasteiger partial charge in [0.05, 0.1) is 7.11 Å². The predicted octanol–water partition coefficient (Wildman–Crippen LogP) is 3.87. The molecule has 134 valence electrons. The highest BCUT2D eigenvalue weighted by molar-refractivity contribution is 5.73. The van der Waals surface area contributed by atoms with E-state index in [1.165, 1.54) is 0 Å². The van der Waals surface area contributed by atoms with E-state index in [0.29, 0.717) is 13.1 Å². The molecule has 0 saturated carbocycles. The molecule has 2 rings (SSSR count). The second-order valence-electron chi connectivity index (χ2n) is 6.74. The minimum atomic E-state index is -0.221. The van der Waals surface area contributed by atoms with E-state index in [4.69, 9.17) is 9.47 Å². The Morgan fingerprint density at radius 1 is 0.840 bits per heavy atom. The first-order valence-corrected chi connectivity index (χ1v) is 8.28. The van der Waals surface area contributed by atoms with Crippen LogP contribution in [0.2, 0.25) is 0 Å². The zero-order valence-corrected chi connectivity index (χ0v) is 15.3. The zero-order valence-electron chi connectivity index (χ0n) is 15.3. The third-order valence-electron chi connectivity index (χ3n) is 3.41. The molecule has 0 atom stereocenters. The summed E-state index contributed by atoms with van der Waals surface area (Å²) in [5.74, 6) is 1.62. The number of ether oxygens (including phenoxy) is 2. The Bertz CT molecular complexity index is 674. The Morgan fingerprint density at radius 2 is 1.28 bits per heavy atom. The predicted molar refractivity (Wildman–Crippen MR) is 98.9 cm³/mol. The van der Waals surface area contributed by atoms with Gasteiger partial charge in [0.2, 0.25) is 0 Å². The van der Waals surface area contributed by atoms with Crippen LogP contribution in [0.5, 0.6) is 11.5 Å². The third-order valence-corrected chi connectivity index (χ3v) is 3.41. The normalized spacial score (nSPS) is 10.9. The van der Waals surface area contributed by atoms with Crippen LogP contribution in [0.4, 0.5) is 4.79 Å². The highest BCUT2D eigenvalue weighted by Crippen LogP contribution is 2.18. The van der Waals surface area contributed by atoms with Crippen molar-refractivity contribution in [1.29, 1.82) is 0 Å². The second kappa shape index (κ2) is 8.42. The van der Waals surface area contributed by atoms with Crippen LogP contribution in [0, 0.1) is 0 Å². The van der Waals surface area contributed by atoms with E-state index in [9.17, 15) is 4.79 Å². The van der Waals surface area contributed by atoms with E-state index < -0.39 is 0 Å². The Hall–Kier alpha value is -2.69. The summed E-state index contributed by atoms with van der Waals surface area (Å²) in [6.07, 6.45) is 0. The summed E-state index contributed by atoms with van der Waals surface area (Å²) >= 11 is 0. The minimum Gasteiger partial charge on any atom is -0.497 e. The fourth-order valence-electron chi connectivity index (χ4n) is 2.20. The number of hydrogen-bond acceptors (Lipinski definition) is 3. The lowest BCUT2D eigenvalue weighted by molar-refractivity contribution is 0.131. The highest BCUT2D eigenvalue weighted by Gasteiger charge is 2.11. The topological polar surface area (TPSA) is 59.6 Å². The molecular formula is C20H26N2O3. The van der Waals surface area contributed by atoms with Gasteiger partial charge in [0.15, 0.2) is 0 Å². The fraction of sp³-hybridized carbons (Fsp3) is 0.350. The van der Waals surface area contributed by atoms with Crippen LogP contribution in [-0.2, 0) is 13.1 Å². The van der Waals surface area contributed by atoms with Gasteiger partial charge in [0, 0.05) is 13.1 Å². The van der Waals surface area contributed by atoms with Gasteiger partial charge in [-0.15, -0.1) is 0 Å². The van der Waals surface area contributed by atoms with Crippen LogP contribution >= 0.6 is 0 Å². The maximum absolute atomic E-state index is 11.9. The Balaban J connectivity index is 1.75. The lowest BCUT2D eigenvalue weighted by atomic mass is 10.1. The molecule has 25 heavy (non-hydrogen) atoms. The maximum atomic E-state index is 11.9. The van der Waals surface area contributed by atoms with Crippen molar-refractivity contribution >= 4 is 6.03 Å². The van der Waals surface area contributed by atoms with Gasteiger partial charge in [0.1, 0.15) is 17.1 Å². The molecule has 0 saturated heterocycles. The molecule has 0 unspecified atom stereocenters. The number of benzene rings is 2. The summed E-state index contributed by atoms with van der Waals surface area (Å²) < 4.78 is 10.9. The fourth-order valence-corrected chi connectivity index (χ4v) is 2.20. The van der Waals surface area contributed by atoms with Gasteiger partial charge in [-0.05, 0) is 56.2 Å². The Labute approximate surface area is 149 Å². The summed E-state index contributed by atoms with van der Waals surface area (Å²) in [5.41, 5.74) is 1.81. The van der Waals surface area contributed by atoms with Gasteiger partial charge >= 0.3 is 6.03 Å². The molecule has 2 N–H and O–H groups in total. The largest absolute Gasteiger partial charge is 0.497 e. The summed E-state index contributed by atoms with van der Waals surface area (Å²) in [5, 5.41) is 5.68. The average Bonchev–Trinajstić information content (AvgIpc) is 2.58. The number of methoxy groups -OCH3 is 1. The molecular weight excluding hydrogens is 316 g/mol. The molecule has 2 amide bonds. The summed E-state index contributed by atoms with van der Waals surface area (Å²) in [4.78, 5) is 11.9. The second-order valence-corrected chi connectivity index (χ2v) is 6.74. The number of hydrogen-bond donors (Lipinski definition) is 2. The standard InChI is InChI=1S/C20H26N2O3/c1-20(2,3)25-18-11-7-16(8-12-18)14-22-19(23)21-13-15-5-9-17(24-4)10-6-15/h5-12H,13-14H2,1-4H3,(H2,21,22,23). The van der Waals surface area contributed by atoms with Crippen LogP contribution in [-0.4, -0.2) is 18.7 Å². The molecule has 0 heterocycles. The van der Waals surface area contributed by atoms with E-state index in [1.54, 1.807) is 7.11 Å². The van der Waals surface area contributed by atoms with Crippen molar-refractivity contribution in [2.75, 3.05) is 7.11 Å². The minimum absolute atomic E-state index is 0.203. The number of amides is 2. The molecule has 0 radical (unpaired) electrons. The van der Waals surface area contributed by atoms with Gasteiger partial charge in [-0.1, -0.05) is 24.3 Å². The lowest BCUT2D eigenvalue weighted by Crippen LogP contribution is -2.34. The Kier molecular flexibility index (Phi) is 6.28. The summed E-state index contributed by atoms with van der Waals surface area (Å²) in [6.45, 7) is 6.96. The van der Waals surface area contributed by atoms with Gasteiger partial charge in [-0.3, -0.25) is 0 Å². The molecule has 2 aromatic rings. The van der Waals surface area contributed by atoms with Gasteiger partial charge in [0.25, 0.3) is 0 Å². The number of rotatable bonds is 6. The molecule has 0 aliphatic heterocycles. The average molecular weight is 342 g/mol. The lowest BCUT2D eigenvalue weighted by Gasteiger charge is -2.21. The highest BCUT2D eigenvalue weighted by atomic mass is 16.5. The van der Waals surface area contributed by atoms with Crippen LogP contribution in [0.1, 0.15) is 31.9 Å². The van der Waals surface area contributed by atoms with Crippen molar-refractivity contribution in [3.63, 3.8) is 0 Å². The first-order chi connectivity index (χ1) is 11.9. The van der Waals surface area contributed by atoms with E-state index in [2.05, 4.69) is 10.6 Å². The van der Waals surface area contributed by atoms with E-state index >= 15 is 0 Å². The van der Waals surface area contributed by atoms with Crippen molar-refractivity contribution in [3.05, 3.63) is 59.7 Å². The van der Waals surface area contributed by atoms with E-state index in [1.807, 2.05) is 69.3 Å². The number of nitrogens with one attached hydrogen (secondary N) is 2. The molecule has 0 aliphatic rings. The third kappa shape index (κ3) is 6.75. The molecule has 0 aliphatic carbocycles. The van der Waals surface area contributed by atoms with Crippen LogP contribution < -0.4 is 20.1 Å². The molecule has 0 bridgehead atoms. The number of urea groups is 1. The molecule has 0 aromatic heterocycles. The monoisotopic (exact) mass is 342 g/mol. The number of carbonyl (C=O) groups is 1. The van der Waals surface area contributed by atoms with Crippen molar-refractivity contribution in [2.24, 2.45) is 0 Å². The van der Waals surface area contributed by atoms with Crippen molar-refractivity contribution in [1.82, 2.24) is 10.6 Å². The van der Waals surface area contributed by atoms with Gasteiger partial charge in [-0.25, -0.2) is 4.79 Å². The number of carbonyl (C=O) groups excluding carboxylic acids is 1. The van der Waals surface area contributed by atoms with Crippen molar-refractivity contribution in [3.8, 4) is 11.5 Å². The quantitative estimate of drug-likeness (QED) is 0.838. The SMILES string of the molecule is COc1ccc(CNC(=O)NCc2ccc(OC(C)(C)C)cc2)cc1. The molecule has 2 aromatic carbocycles. The molecule has 0 spiro atoms. The first-order valence-electron chi connectivity index (χ1n) is 8.28. The molecule has 5 nitrogen and oxygen atoms in total. The first kappa shape index (κ1) is 18.6.